The van der Waals surface area contributed by atoms with Gasteiger partial charge >= 0.3 is 6.08 Å². The van der Waals surface area contributed by atoms with Crippen LogP contribution >= 0.6 is 0 Å². The van der Waals surface area contributed by atoms with Gasteiger partial charge in [0.15, 0.2) is 17.0 Å². The largest absolute Gasteiger partial charge is 0.394 e. The molecule has 1 aliphatic rings. The van der Waals surface area contributed by atoms with E-state index in [2.05, 4.69) is 15.0 Å². The maximum absolute atomic E-state index is 13.2. The van der Waals surface area contributed by atoms with E-state index in [1.165, 1.54) is 10.9 Å². The van der Waals surface area contributed by atoms with Crippen molar-refractivity contribution in [2.24, 2.45) is 0 Å². The molecule has 8 nitrogen and oxygen atoms in total. The van der Waals surface area contributed by atoms with Crippen LogP contribution in [0.4, 0.5) is 10.2 Å². The van der Waals surface area contributed by atoms with E-state index in [-0.39, 0.29) is 30.0 Å². The standard InChI is InChI=1S/C10H12FN5O3/c11-10-14-8(12)7-9(15-10)16(3-13-7)6-1-4(18)5(2-17)19-6/h3-6,17-18H,1-2H2,(H2,12,14,15)/t4-,5-,6-/m1/s1. The van der Waals surface area contributed by atoms with Crippen LogP contribution in [-0.4, -0.2) is 48.5 Å². The molecule has 3 atom stereocenters. The maximum atomic E-state index is 13.2. The van der Waals surface area contributed by atoms with E-state index in [9.17, 15) is 9.50 Å². The van der Waals surface area contributed by atoms with Gasteiger partial charge in [0.05, 0.1) is 19.0 Å². The summed E-state index contributed by atoms with van der Waals surface area (Å²) in [7, 11) is 0. The third kappa shape index (κ3) is 1.91. The molecule has 1 saturated heterocycles. The summed E-state index contributed by atoms with van der Waals surface area (Å²) in [6.45, 7) is -0.296. The van der Waals surface area contributed by atoms with Crippen molar-refractivity contribution in [2.45, 2.75) is 24.9 Å². The van der Waals surface area contributed by atoms with Crippen LogP contribution in [0.25, 0.3) is 11.2 Å². The molecule has 102 valence electrons. The van der Waals surface area contributed by atoms with Crippen molar-refractivity contribution in [3.63, 3.8) is 0 Å². The van der Waals surface area contributed by atoms with Crippen molar-refractivity contribution in [3.8, 4) is 0 Å². The molecule has 0 amide bonds. The van der Waals surface area contributed by atoms with Gasteiger partial charge in [-0.2, -0.15) is 14.4 Å². The van der Waals surface area contributed by atoms with Crippen LogP contribution in [0.1, 0.15) is 12.6 Å². The first-order valence-corrected chi connectivity index (χ1v) is 5.70. The predicted molar refractivity (Wildman–Crippen MR) is 61.3 cm³/mol. The van der Waals surface area contributed by atoms with Crippen molar-refractivity contribution in [1.82, 2.24) is 19.5 Å². The highest BCUT2D eigenvalue weighted by Gasteiger charge is 2.35. The zero-order valence-electron chi connectivity index (χ0n) is 9.77. The fourth-order valence-corrected chi connectivity index (χ4v) is 2.17. The third-order valence-corrected chi connectivity index (χ3v) is 3.12. The minimum atomic E-state index is -0.955. The Morgan fingerprint density at radius 3 is 3.00 bits per heavy atom. The summed E-state index contributed by atoms with van der Waals surface area (Å²) in [4.78, 5) is 11.0. The van der Waals surface area contributed by atoms with E-state index in [0.717, 1.165) is 0 Å². The molecule has 9 heteroatoms. The first-order chi connectivity index (χ1) is 9.10. The molecule has 0 bridgehead atoms. The summed E-state index contributed by atoms with van der Waals surface area (Å²) in [5.74, 6) is -0.0569. The molecule has 3 rings (SSSR count). The number of aliphatic hydroxyl groups is 2. The van der Waals surface area contributed by atoms with E-state index in [0.29, 0.717) is 0 Å². The van der Waals surface area contributed by atoms with Gasteiger partial charge in [0, 0.05) is 6.42 Å². The molecule has 0 saturated carbocycles. The van der Waals surface area contributed by atoms with Crippen LogP contribution in [0.15, 0.2) is 6.33 Å². The van der Waals surface area contributed by atoms with Gasteiger partial charge in [0.1, 0.15) is 12.3 Å². The molecule has 19 heavy (non-hydrogen) atoms. The van der Waals surface area contributed by atoms with Crippen molar-refractivity contribution >= 4 is 17.0 Å². The number of hydrogen-bond acceptors (Lipinski definition) is 7. The Bertz CT molecular complexity index is 618. The van der Waals surface area contributed by atoms with Gasteiger partial charge in [0.25, 0.3) is 0 Å². The highest BCUT2D eigenvalue weighted by atomic mass is 19.1. The number of imidazole rings is 1. The lowest BCUT2D eigenvalue weighted by Crippen LogP contribution is -2.24. The number of nitrogen functional groups attached to an aromatic ring is 1. The second-order valence-corrected chi connectivity index (χ2v) is 4.32. The van der Waals surface area contributed by atoms with Gasteiger partial charge in [-0.3, -0.25) is 4.57 Å². The Morgan fingerprint density at radius 1 is 1.53 bits per heavy atom. The zero-order chi connectivity index (χ0) is 13.6. The van der Waals surface area contributed by atoms with Gasteiger partial charge in [-0.05, 0) is 0 Å². The Kier molecular flexibility index (Phi) is 2.81. The number of hydrogen-bond donors (Lipinski definition) is 3. The fraction of sp³-hybridized carbons (Fsp3) is 0.500. The Morgan fingerprint density at radius 2 is 2.32 bits per heavy atom. The van der Waals surface area contributed by atoms with Gasteiger partial charge in [-0.25, -0.2) is 4.98 Å². The smallest absolute Gasteiger partial charge is 0.312 e. The molecule has 0 unspecified atom stereocenters. The van der Waals surface area contributed by atoms with Gasteiger partial charge in [0.2, 0.25) is 0 Å². The first kappa shape index (κ1) is 12.2. The van der Waals surface area contributed by atoms with Crippen LogP contribution < -0.4 is 5.73 Å². The quantitative estimate of drug-likeness (QED) is 0.610. The number of nitrogens with two attached hydrogens (primary N) is 1. The Balaban J connectivity index is 2.02. The number of aromatic nitrogens is 4. The molecule has 0 spiro atoms. The monoisotopic (exact) mass is 269 g/mol. The molecule has 1 aliphatic heterocycles. The van der Waals surface area contributed by atoms with E-state index in [1.807, 2.05) is 0 Å². The summed E-state index contributed by atoms with van der Waals surface area (Å²) in [6, 6.07) is 0. The van der Waals surface area contributed by atoms with Crippen LogP contribution in [0.3, 0.4) is 0 Å². The van der Waals surface area contributed by atoms with Gasteiger partial charge in [-0.15, -0.1) is 0 Å². The summed E-state index contributed by atoms with van der Waals surface area (Å²) >= 11 is 0. The molecule has 0 radical (unpaired) electrons. The van der Waals surface area contributed by atoms with Crippen molar-refractivity contribution in [1.29, 1.82) is 0 Å². The molecular weight excluding hydrogens is 257 g/mol. The number of fused-ring (bicyclic) bond motifs is 1. The van der Waals surface area contributed by atoms with E-state index in [4.69, 9.17) is 15.6 Å². The van der Waals surface area contributed by atoms with Crippen LogP contribution in [0.2, 0.25) is 0 Å². The van der Waals surface area contributed by atoms with Crippen molar-refractivity contribution < 1.29 is 19.3 Å². The van der Waals surface area contributed by atoms with Gasteiger partial charge < -0.3 is 20.7 Å². The second-order valence-electron chi connectivity index (χ2n) is 4.32. The zero-order valence-corrected chi connectivity index (χ0v) is 9.77. The normalized spacial score (nSPS) is 27.2. The summed E-state index contributed by atoms with van der Waals surface area (Å²) < 4.78 is 20.1. The van der Waals surface area contributed by atoms with Crippen LogP contribution in [0.5, 0.6) is 0 Å². The number of rotatable bonds is 2. The molecule has 0 aromatic carbocycles. The molecule has 2 aromatic heterocycles. The Hall–Kier alpha value is -1.84. The number of ether oxygens (including phenoxy) is 1. The highest BCUT2D eigenvalue weighted by molar-refractivity contribution is 5.81. The summed E-state index contributed by atoms with van der Waals surface area (Å²) in [5.41, 5.74) is 6.02. The van der Waals surface area contributed by atoms with E-state index < -0.39 is 24.5 Å². The molecule has 4 N–H and O–H groups in total. The number of halogens is 1. The maximum Gasteiger partial charge on any atom is 0.312 e. The van der Waals surface area contributed by atoms with E-state index in [1.54, 1.807) is 0 Å². The van der Waals surface area contributed by atoms with Gasteiger partial charge in [-0.1, -0.05) is 0 Å². The number of aliphatic hydroxyl groups excluding tert-OH is 2. The predicted octanol–water partition coefficient (Wildman–Crippen LogP) is -0.812. The number of anilines is 1. The minimum absolute atomic E-state index is 0.0569. The minimum Gasteiger partial charge on any atom is -0.394 e. The summed E-state index contributed by atoms with van der Waals surface area (Å²) in [5, 5.41) is 18.7. The third-order valence-electron chi connectivity index (χ3n) is 3.12. The lowest BCUT2D eigenvalue weighted by molar-refractivity contribution is -0.0432. The molecule has 2 aromatic rings. The van der Waals surface area contributed by atoms with Crippen LogP contribution in [-0.2, 0) is 4.74 Å². The lowest BCUT2D eigenvalue weighted by Gasteiger charge is -2.13. The molecule has 3 heterocycles. The molecule has 1 fully saturated rings. The molecule has 0 aliphatic carbocycles. The number of nitrogens with zero attached hydrogens (tertiary/aromatic N) is 4. The van der Waals surface area contributed by atoms with Crippen molar-refractivity contribution in [3.05, 3.63) is 12.4 Å². The SMILES string of the molecule is Nc1nc(F)nc2c1ncn2[C@H]1C[C@@H](O)[C@@H](CO)O1. The topological polar surface area (TPSA) is 119 Å². The Labute approximate surface area is 106 Å². The average molecular weight is 269 g/mol. The summed E-state index contributed by atoms with van der Waals surface area (Å²) in [6.07, 6.45) is -1.35. The van der Waals surface area contributed by atoms with Crippen molar-refractivity contribution in [2.75, 3.05) is 12.3 Å². The van der Waals surface area contributed by atoms with Crippen LogP contribution in [0, 0.1) is 6.08 Å². The lowest BCUT2D eigenvalue weighted by atomic mass is 10.2. The average Bonchev–Trinajstić information content (AvgIpc) is 2.92. The fourth-order valence-electron chi connectivity index (χ4n) is 2.17. The van der Waals surface area contributed by atoms with E-state index >= 15 is 0 Å². The second kappa shape index (κ2) is 4.37. The first-order valence-electron chi connectivity index (χ1n) is 5.70. The highest BCUT2D eigenvalue weighted by Crippen LogP contribution is 2.31. The molecular formula is C10H12FN5O3.